The van der Waals surface area contributed by atoms with E-state index in [-0.39, 0.29) is 61.7 Å². The van der Waals surface area contributed by atoms with Crippen molar-refractivity contribution in [3.63, 3.8) is 0 Å². The van der Waals surface area contributed by atoms with E-state index >= 15 is 0 Å². The third kappa shape index (κ3) is 9.10. The summed E-state index contributed by atoms with van der Waals surface area (Å²) in [7, 11) is 0. The monoisotopic (exact) mass is 595 g/mol. The number of anilines is 1. The van der Waals surface area contributed by atoms with Crippen LogP contribution in [-0.4, -0.2) is 70.6 Å². The normalized spacial score (nSPS) is 16.4. The minimum absolute atomic E-state index is 0.00357. The van der Waals surface area contributed by atoms with Gasteiger partial charge in [0.15, 0.2) is 17.0 Å². The molecule has 1 saturated heterocycles. The first-order valence-electron chi connectivity index (χ1n) is 13.3. The predicted octanol–water partition coefficient (Wildman–Crippen LogP) is 2.13. The lowest BCUT2D eigenvalue weighted by Gasteiger charge is -2.24. The number of benzene rings is 2. The van der Waals surface area contributed by atoms with Crippen molar-refractivity contribution in [1.29, 1.82) is 0 Å². The fraction of sp³-hybridized carbons (Fsp3) is 0.464. The predicted molar refractivity (Wildman–Crippen MR) is 151 cm³/mol. The average Bonchev–Trinajstić information content (AvgIpc) is 3.43. The topological polar surface area (TPSA) is 137 Å². The van der Waals surface area contributed by atoms with Crippen molar-refractivity contribution >= 4 is 35.2 Å². The Bertz CT molecular complexity index is 1220. The quantitative estimate of drug-likeness (QED) is 0.224. The van der Waals surface area contributed by atoms with Crippen LogP contribution in [0.4, 0.5) is 18.9 Å². The molecule has 2 aromatic rings. The zero-order valence-corrected chi connectivity index (χ0v) is 23.8. The van der Waals surface area contributed by atoms with Gasteiger partial charge in [-0.2, -0.15) is 0 Å². The Balaban J connectivity index is 1.51. The van der Waals surface area contributed by atoms with Crippen molar-refractivity contribution in [1.82, 2.24) is 15.5 Å². The third-order valence-corrected chi connectivity index (χ3v) is 7.75. The van der Waals surface area contributed by atoms with E-state index in [1.54, 1.807) is 12.1 Å². The molecule has 1 fully saturated rings. The first-order chi connectivity index (χ1) is 19.5. The van der Waals surface area contributed by atoms with Crippen molar-refractivity contribution in [3.8, 4) is 0 Å². The van der Waals surface area contributed by atoms with E-state index < -0.39 is 34.9 Å². The lowest BCUT2D eigenvalue weighted by Crippen LogP contribution is -2.46. The number of carbonyl (C=O) groups excluding carboxylic acids is 3. The summed E-state index contributed by atoms with van der Waals surface area (Å²) in [5.41, 5.74) is 7.42. The Labute approximate surface area is 241 Å². The number of thioether (sulfide) groups is 1. The molecule has 0 aliphatic carbocycles. The van der Waals surface area contributed by atoms with Crippen LogP contribution in [0.5, 0.6) is 0 Å². The highest BCUT2D eigenvalue weighted by Crippen LogP contribution is 2.25. The van der Waals surface area contributed by atoms with Gasteiger partial charge >= 0.3 is 0 Å². The highest BCUT2D eigenvalue weighted by Gasteiger charge is 2.35. The van der Waals surface area contributed by atoms with Gasteiger partial charge in [-0.05, 0) is 41.7 Å². The molecule has 41 heavy (non-hydrogen) atoms. The maximum atomic E-state index is 14.0. The van der Waals surface area contributed by atoms with Crippen molar-refractivity contribution in [2.75, 3.05) is 30.8 Å². The summed E-state index contributed by atoms with van der Waals surface area (Å²) in [4.78, 5) is 39.6. The molecule has 0 spiro atoms. The third-order valence-electron chi connectivity index (χ3n) is 6.55. The largest absolute Gasteiger partial charge is 0.395 e. The van der Waals surface area contributed by atoms with E-state index in [2.05, 4.69) is 16.0 Å². The Morgan fingerprint density at radius 3 is 2.41 bits per heavy atom. The Kier molecular flexibility index (Phi) is 11.9. The van der Waals surface area contributed by atoms with Crippen LogP contribution >= 0.6 is 11.8 Å². The summed E-state index contributed by atoms with van der Waals surface area (Å²) in [5, 5.41) is 16.9. The Hall–Kier alpha value is -3.29. The van der Waals surface area contributed by atoms with E-state index in [1.165, 1.54) is 16.7 Å². The van der Waals surface area contributed by atoms with Crippen molar-refractivity contribution < 1.29 is 32.7 Å². The molecular formula is C28H36F3N5O4S. The van der Waals surface area contributed by atoms with Gasteiger partial charge in [0.2, 0.25) is 11.8 Å². The van der Waals surface area contributed by atoms with Crippen LogP contribution in [-0.2, 0) is 27.3 Å². The number of hydrogen-bond donors (Lipinski definition) is 5. The van der Waals surface area contributed by atoms with Gasteiger partial charge in [0, 0.05) is 49.6 Å². The number of nitrogens with two attached hydrogens (primary N) is 1. The molecule has 0 bridgehead atoms. The standard InChI is InChI=1S/C28H36F3N5O4S/c1-16(2)25(26(39)33-7-9-37)35-20-5-3-17(4-6-20)15-34-27(40)28-36(8-10-41-28)24(38)13-19(32)11-18-12-22(30)23(31)14-21(18)29/h3-6,12,14,16,19,25,28,35,37H,7-11,13,15,32H2,1-2H3,(H,33,39)(H,34,40)/t19?,25?,28-/m0/s1. The smallest absolute Gasteiger partial charge is 0.253 e. The number of hydrogen-bond acceptors (Lipinski definition) is 7. The number of amides is 3. The molecule has 0 radical (unpaired) electrons. The van der Waals surface area contributed by atoms with Crippen LogP contribution < -0.4 is 21.7 Å². The molecule has 6 N–H and O–H groups in total. The van der Waals surface area contributed by atoms with E-state index in [0.29, 0.717) is 18.4 Å². The van der Waals surface area contributed by atoms with Gasteiger partial charge in [-0.15, -0.1) is 11.8 Å². The summed E-state index contributed by atoms with van der Waals surface area (Å²) in [5.74, 6) is -3.81. The molecule has 2 aromatic carbocycles. The maximum Gasteiger partial charge on any atom is 0.253 e. The average molecular weight is 596 g/mol. The number of halogens is 3. The molecule has 0 aromatic heterocycles. The fourth-order valence-corrected chi connectivity index (χ4v) is 5.52. The first kappa shape index (κ1) is 32.2. The van der Waals surface area contributed by atoms with E-state index in [4.69, 9.17) is 10.8 Å². The second kappa shape index (κ2) is 15.1. The second-order valence-corrected chi connectivity index (χ2v) is 11.3. The summed E-state index contributed by atoms with van der Waals surface area (Å²) >= 11 is 1.32. The molecule has 3 amide bonds. The second-order valence-electron chi connectivity index (χ2n) is 10.1. The molecule has 1 heterocycles. The van der Waals surface area contributed by atoms with Gasteiger partial charge in [-0.1, -0.05) is 26.0 Å². The number of rotatable bonds is 13. The van der Waals surface area contributed by atoms with Gasteiger partial charge in [0.1, 0.15) is 11.9 Å². The van der Waals surface area contributed by atoms with Crippen LogP contribution in [0.2, 0.25) is 0 Å². The maximum absolute atomic E-state index is 14.0. The number of aliphatic hydroxyl groups excluding tert-OH is 1. The molecule has 3 rings (SSSR count). The molecule has 13 heteroatoms. The van der Waals surface area contributed by atoms with E-state index in [1.807, 2.05) is 26.0 Å². The molecule has 3 atom stereocenters. The van der Waals surface area contributed by atoms with Gasteiger partial charge in [0.05, 0.1) is 6.61 Å². The summed E-state index contributed by atoms with van der Waals surface area (Å²) < 4.78 is 40.6. The number of nitrogens with zero attached hydrogens (tertiary/aromatic N) is 1. The number of aliphatic hydroxyl groups is 1. The minimum atomic E-state index is -1.30. The minimum Gasteiger partial charge on any atom is -0.395 e. The van der Waals surface area contributed by atoms with Crippen LogP contribution in [0.15, 0.2) is 36.4 Å². The molecule has 9 nitrogen and oxygen atoms in total. The molecular weight excluding hydrogens is 559 g/mol. The lowest BCUT2D eigenvalue weighted by atomic mass is 10.0. The molecule has 1 aliphatic rings. The van der Waals surface area contributed by atoms with Gasteiger partial charge in [0.25, 0.3) is 5.91 Å². The van der Waals surface area contributed by atoms with Gasteiger partial charge in [-0.3, -0.25) is 14.4 Å². The van der Waals surface area contributed by atoms with Crippen LogP contribution in [0.25, 0.3) is 0 Å². The summed E-state index contributed by atoms with van der Waals surface area (Å²) in [6.45, 7) is 4.42. The highest BCUT2D eigenvalue weighted by molar-refractivity contribution is 8.00. The number of nitrogens with one attached hydrogen (secondary N) is 3. The zero-order chi connectivity index (χ0) is 30.1. The van der Waals surface area contributed by atoms with Crippen molar-refractivity contribution in [2.45, 2.75) is 50.7 Å². The Morgan fingerprint density at radius 2 is 1.76 bits per heavy atom. The number of carbonyl (C=O) groups is 3. The summed E-state index contributed by atoms with van der Waals surface area (Å²) in [6.07, 6.45) is -0.352. The highest BCUT2D eigenvalue weighted by atomic mass is 32.2. The lowest BCUT2D eigenvalue weighted by molar-refractivity contribution is -0.136. The van der Waals surface area contributed by atoms with Crippen molar-refractivity contribution in [2.24, 2.45) is 11.7 Å². The van der Waals surface area contributed by atoms with Crippen LogP contribution in [0.3, 0.4) is 0 Å². The van der Waals surface area contributed by atoms with Crippen LogP contribution in [0, 0.1) is 23.4 Å². The molecule has 1 aliphatic heterocycles. The van der Waals surface area contributed by atoms with E-state index in [9.17, 15) is 27.6 Å². The SMILES string of the molecule is CC(C)C(Nc1ccc(CNC(=O)[C@@H]2SCCN2C(=O)CC(N)Cc2cc(F)c(F)cc2F)cc1)C(=O)NCCO. The van der Waals surface area contributed by atoms with Gasteiger partial charge < -0.3 is 31.7 Å². The van der Waals surface area contributed by atoms with E-state index in [0.717, 1.165) is 17.3 Å². The molecule has 224 valence electrons. The first-order valence-corrected chi connectivity index (χ1v) is 14.4. The zero-order valence-electron chi connectivity index (χ0n) is 23.0. The molecule has 0 saturated carbocycles. The summed E-state index contributed by atoms with van der Waals surface area (Å²) in [6, 6.07) is 7.07. The van der Waals surface area contributed by atoms with Crippen LogP contribution in [0.1, 0.15) is 31.4 Å². The fourth-order valence-electron chi connectivity index (χ4n) is 4.36. The van der Waals surface area contributed by atoms with Gasteiger partial charge in [-0.25, -0.2) is 13.2 Å². The Morgan fingerprint density at radius 1 is 1.07 bits per heavy atom. The molecule has 2 unspecified atom stereocenters. The van der Waals surface area contributed by atoms with Crippen molar-refractivity contribution in [3.05, 3.63) is 65.0 Å².